The summed E-state index contributed by atoms with van der Waals surface area (Å²) in [5, 5.41) is 6.18. The van der Waals surface area contributed by atoms with E-state index in [1.54, 1.807) is 45.0 Å². The van der Waals surface area contributed by atoms with Crippen molar-refractivity contribution in [1.29, 1.82) is 0 Å². The van der Waals surface area contributed by atoms with Crippen LogP contribution in [-0.4, -0.2) is 35.7 Å². The van der Waals surface area contributed by atoms with Gasteiger partial charge >= 0.3 is 6.09 Å². The molecule has 0 radical (unpaired) electrons. The molecule has 9 heteroatoms. The highest BCUT2D eigenvalue weighted by atomic mass is 35.5. The molecule has 7 nitrogen and oxygen atoms in total. The van der Waals surface area contributed by atoms with Crippen LogP contribution in [0.15, 0.2) is 24.3 Å². The van der Waals surface area contributed by atoms with Crippen LogP contribution in [0.4, 0.5) is 9.93 Å². The fourth-order valence-corrected chi connectivity index (χ4v) is 2.99. The summed E-state index contributed by atoms with van der Waals surface area (Å²) in [5.74, 6) is -0.367. The largest absolute Gasteiger partial charge is 0.444 e. The SMILES string of the molecule is CC(C)(C)OC(=O)NCCNC(=O)c1nc(N)sc1-c1ccc(Cl)cc1. The zero-order valence-electron chi connectivity index (χ0n) is 14.8. The van der Waals surface area contributed by atoms with Crippen molar-refractivity contribution in [2.24, 2.45) is 0 Å². The van der Waals surface area contributed by atoms with E-state index >= 15 is 0 Å². The number of halogens is 1. The van der Waals surface area contributed by atoms with Gasteiger partial charge in [0.25, 0.3) is 5.91 Å². The molecule has 0 bridgehead atoms. The molecular weight excluding hydrogens is 376 g/mol. The Morgan fingerprint density at radius 2 is 1.81 bits per heavy atom. The lowest BCUT2D eigenvalue weighted by atomic mass is 10.1. The highest BCUT2D eigenvalue weighted by molar-refractivity contribution is 7.19. The Hall–Kier alpha value is -2.32. The minimum atomic E-state index is -0.570. The van der Waals surface area contributed by atoms with Crippen LogP contribution in [0, 0.1) is 0 Å². The van der Waals surface area contributed by atoms with Gasteiger partial charge < -0.3 is 21.1 Å². The first kappa shape index (κ1) is 20.0. The van der Waals surface area contributed by atoms with Gasteiger partial charge in [0.2, 0.25) is 0 Å². The summed E-state index contributed by atoms with van der Waals surface area (Å²) in [4.78, 5) is 28.7. The smallest absolute Gasteiger partial charge is 0.407 e. The molecule has 0 unspecified atom stereocenters. The number of ether oxygens (including phenoxy) is 1. The minimum absolute atomic E-state index is 0.232. The number of anilines is 1. The van der Waals surface area contributed by atoms with Gasteiger partial charge in [-0.3, -0.25) is 4.79 Å². The highest BCUT2D eigenvalue weighted by Crippen LogP contribution is 2.32. The van der Waals surface area contributed by atoms with Crippen molar-refractivity contribution in [3.63, 3.8) is 0 Å². The fourth-order valence-electron chi connectivity index (χ4n) is 2.03. The van der Waals surface area contributed by atoms with Crippen LogP contribution in [0.1, 0.15) is 31.3 Å². The Morgan fingerprint density at radius 1 is 1.19 bits per heavy atom. The number of alkyl carbamates (subject to hydrolysis) is 1. The Balaban J connectivity index is 1.94. The summed E-state index contributed by atoms with van der Waals surface area (Å²) in [7, 11) is 0. The first-order valence-electron chi connectivity index (χ1n) is 7.93. The topological polar surface area (TPSA) is 106 Å². The summed E-state index contributed by atoms with van der Waals surface area (Å²) in [6.07, 6.45) is -0.536. The lowest BCUT2D eigenvalue weighted by Gasteiger charge is -2.19. The maximum atomic E-state index is 12.4. The molecule has 0 spiro atoms. The molecule has 2 aromatic rings. The van der Waals surface area contributed by atoms with Crippen LogP contribution < -0.4 is 16.4 Å². The number of nitrogen functional groups attached to an aromatic ring is 1. The number of aromatic nitrogens is 1. The van der Waals surface area contributed by atoms with Crippen molar-refractivity contribution in [2.75, 3.05) is 18.8 Å². The molecule has 0 atom stereocenters. The van der Waals surface area contributed by atoms with Gasteiger partial charge in [-0.05, 0) is 38.5 Å². The van der Waals surface area contributed by atoms with Crippen molar-refractivity contribution in [3.8, 4) is 10.4 Å². The number of benzene rings is 1. The maximum absolute atomic E-state index is 12.4. The number of rotatable bonds is 5. The Labute approximate surface area is 160 Å². The van der Waals surface area contributed by atoms with Crippen LogP contribution in [0.3, 0.4) is 0 Å². The second-order valence-corrected chi connectivity index (χ2v) is 7.89. The van der Waals surface area contributed by atoms with Crippen LogP contribution in [0.2, 0.25) is 5.02 Å². The number of hydrogen-bond donors (Lipinski definition) is 3. The van der Waals surface area contributed by atoms with Crippen LogP contribution in [0.25, 0.3) is 10.4 Å². The summed E-state index contributed by atoms with van der Waals surface area (Å²) < 4.78 is 5.12. The summed E-state index contributed by atoms with van der Waals surface area (Å²) >= 11 is 7.12. The third-order valence-electron chi connectivity index (χ3n) is 3.04. The molecule has 0 fully saturated rings. The molecule has 0 aliphatic carbocycles. The number of carbonyl (C=O) groups excluding carboxylic acids is 2. The lowest BCUT2D eigenvalue weighted by molar-refractivity contribution is 0.0526. The van der Waals surface area contributed by atoms with Crippen molar-refractivity contribution in [3.05, 3.63) is 35.0 Å². The Morgan fingerprint density at radius 3 is 2.42 bits per heavy atom. The summed E-state index contributed by atoms with van der Waals surface area (Å²) in [6, 6.07) is 7.07. The van der Waals surface area contributed by atoms with Crippen molar-refractivity contribution >= 4 is 40.1 Å². The average molecular weight is 397 g/mol. The zero-order chi connectivity index (χ0) is 19.3. The predicted octanol–water partition coefficient (Wildman–Crippen LogP) is 3.30. The fraction of sp³-hybridized carbons (Fsp3) is 0.353. The molecule has 1 aromatic carbocycles. The Bertz CT molecular complexity index is 784. The number of amides is 2. The maximum Gasteiger partial charge on any atom is 0.407 e. The van der Waals surface area contributed by atoms with Crippen molar-refractivity contribution in [1.82, 2.24) is 15.6 Å². The van der Waals surface area contributed by atoms with Gasteiger partial charge in [0.15, 0.2) is 5.13 Å². The molecule has 2 amide bonds. The standard InChI is InChI=1S/C17H21ClN4O3S/c1-17(2,3)25-16(24)21-9-8-20-14(23)12-13(26-15(19)22-12)10-4-6-11(18)7-5-10/h4-7H,8-9H2,1-3H3,(H2,19,22)(H,20,23)(H,21,24). The molecule has 140 valence electrons. The second kappa shape index (κ2) is 8.37. The van der Waals surface area contributed by atoms with E-state index in [-0.39, 0.29) is 24.7 Å². The lowest BCUT2D eigenvalue weighted by Crippen LogP contribution is -2.38. The van der Waals surface area contributed by atoms with E-state index in [1.165, 1.54) is 11.3 Å². The third kappa shape index (κ3) is 5.89. The molecule has 4 N–H and O–H groups in total. The molecule has 0 aliphatic rings. The monoisotopic (exact) mass is 396 g/mol. The van der Waals surface area contributed by atoms with E-state index in [0.29, 0.717) is 15.0 Å². The molecule has 1 aromatic heterocycles. The van der Waals surface area contributed by atoms with Gasteiger partial charge in [0.1, 0.15) is 11.3 Å². The van der Waals surface area contributed by atoms with E-state index in [1.807, 2.05) is 0 Å². The van der Waals surface area contributed by atoms with Crippen LogP contribution in [-0.2, 0) is 4.74 Å². The molecule has 0 saturated heterocycles. The molecule has 2 rings (SSSR count). The van der Waals surface area contributed by atoms with Gasteiger partial charge in [0, 0.05) is 18.1 Å². The van der Waals surface area contributed by atoms with Crippen molar-refractivity contribution < 1.29 is 14.3 Å². The zero-order valence-corrected chi connectivity index (χ0v) is 16.3. The van der Waals surface area contributed by atoms with Crippen LogP contribution >= 0.6 is 22.9 Å². The van der Waals surface area contributed by atoms with Crippen LogP contribution in [0.5, 0.6) is 0 Å². The van der Waals surface area contributed by atoms with Gasteiger partial charge in [-0.2, -0.15) is 0 Å². The third-order valence-corrected chi connectivity index (χ3v) is 4.23. The quantitative estimate of drug-likeness (QED) is 0.672. The second-order valence-electron chi connectivity index (χ2n) is 6.42. The molecule has 0 aliphatic heterocycles. The number of nitrogens with two attached hydrogens (primary N) is 1. The summed E-state index contributed by atoms with van der Waals surface area (Å²) in [5.41, 5.74) is 6.24. The van der Waals surface area contributed by atoms with E-state index in [0.717, 1.165) is 5.56 Å². The van der Waals surface area contributed by atoms with Gasteiger partial charge in [-0.25, -0.2) is 9.78 Å². The predicted molar refractivity (Wildman–Crippen MR) is 104 cm³/mol. The Kier molecular flexibility index (Phi) is 6.44. The number of nitrogens with zero attached hydrogens (tertiary/aromatic N) is 1. The number of thiazole rings is 1. The molecule has 1 heterocycles. The highest BCUT2D eigenvalue weighted by Gasteiger charge is 2.19. The number of nitrogens with one attached hydrogen (secondary N) is 2. The first-order chi connectivity index (χ1) is 12.2. The summed E-state index contributed by atoms with van der Waals surface area (Å²) in [6.45, 7) is 5.80. The molecule has 26 heavy (non-hydrogen) atoms. The number of hydrogen-bond acceptors (Lipinski definition) is 6. The van der Waals surface area contributed by atoms with E-state index in [4.69, 9.17) is 22.1 Å². The van der Waals surface area contributed by atoms with Gasteiger partial charge in [0.05, 0.1) is 4.88 Å². The van der Waals surface area contributed by atoms with E-state index in [9.17, 15) is 9.59 Å². The first-order valence-corrected chi connectivity index (χ1v) is 9.12. The molecule has 0 saturated carbocycles. The van der Waals surface area contributed by atoms with Crippen molar-refractivity contribution in [2.45, 2.75) is 26.4 Å². The van der Waals surface area contributed by atoms with E-state index < -0.39 is 11.7 Å². The number of carbonyl (C=O) groups is 2. The van der Waals surface area contributed by atoms with Gasteiger partial charge in [-0.1, -0.05) is 35.1 Å². The van der Waals surface area contributed by atoms with Gasteiger partial charge in [-0.15, -0.1) is 0 Å². The van der Waals surface area contributed by atoms with E-state index in [2.05, 4.69) is 15.6 Å². The normalized spacial score (nSPS) is 11.1. The average Bonchev–Trinajstić information content (AvgIpc) is 2.92. The molecular formula is C17H21ClN4O3S. The minimum Gasteiger partial charge on any atom is -0.444 e.